The molecule has 1 heterocycles. The van der Waals surface area contributed by atoms with Gasteiger partial charge in [-0.25, -0.2) is 0 Å². The third-order valence-corrected chi connectivity index (χ3v) is 2.77. The van der Waals surface area contributed by atoms with Crippen molar-refractivity contribution in [1.82, 2.24) is 10.3 Å². The van der Waals surface area contributed by atoms with Gasteiger partial charge in [0.05, 0.1) is 5.69 Å². The minimum absolute atomic E-state index is 0.795. The second-order valence-electron chi connectivity index (χ2n) is 4.40. The van der Waals surface area contributed by atoms with Crippen LogP contribution in [0.3, 0.4) is 0 Å². The van der Waals surface area contributed by atoms with E-state index in [2.05, 4.69) is 48.4 Å². The highest BCUT2D eigenvalue weighted by molar-refractivity contribution is 5.67. The molecule has 0 radical (unpaired) electrons. The number of benzene rings is 1. The van der Waals surface area contributed by atoms with Crippen LogP contribution in [-0.2, 0) is 6.54 Å². The Balaban J connectivity index is 2.51. The van der Waals surface area contributed by atoms with Gasteiger partial charge < -0.3 is 5.32 Å². The Bertz CT molecular complexity index is 498. The summed E-state index contributed by atoms with van der Waals surface area (Å²) in [6, 6.07) is 10.7. The van der Waals surface area contributed by atoms with Gasteiger partial charge in [0.2, 0.25) is 0 Å². The van der Waals surface area contributed by atoms with Crippen molar-refractivity contribution in [3.8, 4) is 11.1 Å². The van der Waals surface area contributed by atoms with E-state index in [4.69, 9.17) is 0 Å². The second kappa shape index (κ2) is 5.11. The van der Waals surface area contributed by atoms with Crippen LogP contribution in [-0.4, -0.2) is 12.0 Å². The summed E-state index contributed by atoms with van der Waals surface area (Å²) in [7, 11) is 1.94. The van der Waals surface area contributed by atoms with E-state index in [0.717, 1.165) is 12.2 Å². The smallest absolute Gasteiger partial charge is 0.0619 e. The molecule has 0 aliphatic rings. The third-order valence-electron chi connectivity index (χ3n) is 2.77. The van der Waals surface area contributed by atoms with Crippen molar-refractivity contribution in [3.63, 3.8) is 0 Å². The molecule has 0 aliphatic carbocycles. The summed E-state index contributed by atoms with van der Waals surface area (Å²) < 4.78 is 0. The van der Waals surface area contributed by atoms with E-state index in [0.29, 0.717) is 0 Å². The number of nitrogens with zero attached hydrogens (tertiary/aromatic N) is 1. The SMILES string of the molecule is CNCc1ncccc1-c1cc(C)cc(C)c1. The zero-order valence-corrected chi connectivity index (χ0v) is 10.6. The zero-order chi connectivity index (χ0) is 12.3. The van der Waals surface area contributed by atoms with Crippen LogP contribution in [0, 0.1) is 13.8 Å². The summed E-state index contributed by atoms with van der Waals surface area (Å²) in [4.78, 5) is 4.44. The fourth-order valence-corrected chi connectivity index (χ4v) is 2.14. The monoisotopic (exact) mass is 226 g/mol. The highest BCUT2D eigenvalue weighted by Crippen LogP contribution is 2.24. The maximum atomic E-state index is 4.44. The van der Waals surface area contributed by atoms with Gasteiger partial charge in [-0.05, 0) is 32.5 Å². The van der Waals surface area contributed by atoms with E-state index in [1.165, 1.54) is 22.3 Å². The molecule has 2 aromatic rings. The zero-order valence-electron chi connectivity index (χ0n) is 10.6. The first-order chi connectivity index (χ1) is 8.20. The van der Waals surface area contributed by atoms with E-state index in [1.807, 2.05) is 19.3 Å². The summed E-state index contributed by atoms with van der Waals surface area (Å²) in [5.41, 5.74) is 6.15. The number of pyridine rings is 1. The molecule has 1 N–H and O–H groups in total. The summed E-state index contributed by atoms with van der Waals surface area (Å²) in [6.45, 7) is 5.05. The summed E-state index contributed by atoms with van der Waals surface area (Å²) in [6.07, 6.45) is 1.85. The highest BCUT2D eigenvalue weighted by atomic mass is 14.8. The molecular weight excluding hydrogens is 208 g/mol. The number of hydrogen-bond donors (Lipinski definition) is 1. The molecule has 0 saturated heterocycles. The van der Waals surface area contributed by atoms with Gasteiger partial charge in [0.1, 0.15) is 0 Å². The van der Waals surface area contributed by atoms with E-state index in [-0.39, 0.29) is 0 Å². The van der Waals surface area contributed by atoms with Gasteiger partial charge in [-0.15, -0.1) is 0 Å². The maximum absolute atomic E-state index is 4.44. The quantitative estimate of drug-likeness (QED) is 0.870. The molecular formula is C15H18N2. The van der Waals surface area contributed by atoms with Gasteiger partial charge in [0.25, 0.3) is 0 Å². The van der Waals surface area contributed by atoms with Gasteiger partial charge in [-0.1, -0.05) is 35.4 Å². The van der Waals surface area contributed by atoms with Crippen LogP contribution in [0.2, 0.25) is 0 Å². The topological polar surface area (TPSA) is 24.9 Å². The molecule has 0 fully saturated rings. The molecule has 2 nitrogen and oxygen atoms in total. The molecule has 0 bridgehead atoms. The Morgan fingerprint density at radius 2 is 1.82 bits per heavy atom. The lowest BCUT2D eigenvalue weighted by atomic mass is 9.99. The van der Waals surface area contributed by atoms with Crippen molar-refractivity contribution in [2.45, 2.75) is 20.4 Å². The summed E-state index contributed by atoms with van der Waals surface area (Å²) in [5, 5.41) is 3.16. The van der Waals surface area contributed by atoms with E-state index in [1.54, 1.807) is 0 Å². The third kappa shape index (κ3) is 2.71. The molecule has 1 aromatic carbocycles. The first kappa shape index (κ1) is 11.8. The van der Waals surface area contributed by atoms with Gasteiger partial charge >= 0.3 is 0 Å². The predicted molar refractivity (Wildman–Crippen MR) is 71.9 cm³/mol. The molecule has 17 heavy (non-hydrogen) atoms. The largest absolute Gasteiger partial charge is 0.314 e. The number of nitrogens with one attached hydrogen (secondary N) is 1. The summed E-state index contributed by atoms with van der Waals surface area (Å²) >= 11 is 0. The molecule has 2 heteroatoms. The molecule has 0 spiro atoms. The van der Waals surface area contributed by atoms with E-state index < -0.39 is 0 Å². The first-order valence-electron chi connectivity index (χ1n) is 5.88. The van der Waals surface area contributed by atoms with Crippen LogP contribution in [0.1, 0.15) is 16.8 Å². The minimum atomic E-state index is 0.795. The lowest BCUT2D eigenvalue weighted by Crippen LogP contribution is -2.08. The van der Waals surface area contributed by atoms with Gasteiger partial charge in [-0.3, -0.25) is 4.98 Å². The molecule has 1 aromatic heterocycles. The molecule has 2 rings (SSSR count). The van der Waals surface area contributed by atoms with Gasteiger partial charge in [0, 0.05) is 18.3 Å². The summed E-state index contributed by atoms with van der Waals surface area (Å²) in [5.74, 6) is 0. The molecule has 88 valence electrons. The van der Waals surface area contributed by atoms with Gasteiger partial charge in [0.15, 0.2) is 0 Å². The average Bonchev–Trinajstić information content (AvgIpc) is 2.29. The van der Waals surface area contributed by atoms with Crippen molar-refractivity contribution < 1.29 is 0 Å². The van der Waals surface area contributed by atoms with Crippen molar-refractivity contribution in [3.05, 3.63) is 53.3 Å². The first-order valence-corrected chi connectivity index (χ1v) is 5.88. The fourth-order valence-electron chi connectivity index (χ4n) is 2.14. The van der Waals surface area contributed by atoms with Crippen molar-refractivity contribution in [2.24, 2.45) is 0 Å². The molecule has 0 aliphatic heterocycles. The normalized spacial score (nSPS) is 10.5. The van der Waals surface area contributed by atoms with Gasteiger partial charge in [-0.2, -0.15) is 0 Å². The van der Waals surface area contributed by atoms with Crippen LogP contribution >= 0.6 is 0 Å². The predicted octanol–water partition coefficient (Wildman–Crippen LogP) is 3.08. The maximum Gasteiger partial charge on any atom is 0.0619 e. The number of rotatable bonds is 3. The van der Waals surface area contributed by atoms with Crippen LogP contribution in [0.25, 0.3) is 11.1 Å². The van der Waals surface area contributed by atoms with Crippen LogP contribution in [0.15, 0.2) is 36.5 Å². The average molecular weight is 226 g/mol. The number of aromatic nitrogens is 1. The standard InChI is InChI=1S/C15H18N2/c1-11-7-12(2)9-13(8-11)14-5-4-6-17-15(14)10-16-3/h4-9,16H,10H2,1-3H3. The van der Waals surface area contributed by atoms with Crippen LogP contribution in [0.4, 0.5) is 0 Å². The Labute approximate surface area is 103 Å². The Hall–Kier alpha value is -1.67. The fraction of sp³-hybridized carbons (Fsp3) is 0.267. The Morgan fingerprint density at radius 3 is 2.47 bits per heavy atom. The Morgan fingerprint density at radius 1 is 1.12 bits per heavy atom. The highest BCUT2D eigenvalue weighted by Gasteiger charge is 2.05. The number of hydrogen-bond acceptors (Lipinski definition) is 2. The molecule has 0 amide bonds. The molecule has 0 saturated carbocycles. The van der Waals surface area contributed by atoms with Crippen molar-refractivity contribution >= 4 is 0 Å². The van der Waals surface area contributed by atoms with Crippen molar-refractivity contribution in [1.29, 1.82) is 0 Å². The Kier molecular flexibility index (Phi) is 3.55. The second-order valence-corrected chi connectivity index (χ2v) is 4.40. The van der Waals surface area contributed by atoms with Crippen molar-refractivity contribution in [2.75, 3.05) is 7.05 Å². The molecule has 0 unspecified atom stereocenters. The minimum Gasteiger partial charge on any atom is -0.314 e. The van der Waals surface area contributed by atoms with Crippen LogP contribution in [0.5, 0.6) is 0 Å². The lowest BCUT2D eigenvalue weighted by Gasteiger charge is -2.10. The molecule has 0 atom stereocenters. The lowest BCUT2D eigenvalue weighted by molar-refractivity contribution is 0.793. The number of aryl methyl sites for hydroxylation is 2. The van der Waals surface area contributed by atoms with Crippen LogP contribution < -0.4 is 5.32 Å². The van der Waals surface area contributed by atoms with E-state index in [9.17, 15) is 0 Å². The van der Waals surface area contributed by atoms with E-state index >= 15 is 0 Å².